The molecule has 0 bridgehead atoms. The van der Waals surface area contributed by atoms with Gasteiger partial charge in [-0.3, -0.25) is 0 Å². The predicted molar refractivity (Wildman–Crippen MR) is 64.7 cm³/mol. The Balaban J connectivity index is 1.81. The molecule has 0 radical (unpaired) electrons. The standard InChI is InChI=1S/C11H22N2O2S/c1-10-8-13(16(14,15)9-10)6-4-11-3-2-5-12-7-11/h10-12H,2-9H2,1H3. The zero-order valence-corrected chi connectivity index (χ0v) is 10.8. The first-order chi connectivity index (χ1) is 7.58. The average molecular weight is 246 g/mol. The third-order valence-corrected chi connectivity index (χ3v) is 5.70. The lowest BCUT2D eigenvalue weighted by Gasteiger charge is -2.24. The van der Waals surface area contributed by atoms with Crippen molar-refractivity contribution in [1.29, 1.82) is 0 Å². The predicted octanol–water partition coefficient (Wildman–Crippen LogP) is 0.658. The molecule has 2 aliphatic heterocycles. The van der Waals surface area contributed by atoms with Gasteiger partial charge >= 0.3 is 0 Å². The van der Waals surface area contributed by atoms with Gasteiger partial charge < -0.3 is 5.32 Å². The molecule has 1 N–H and O–H groups in total. The van der Waals surface area contributed by atoms with E-state index in [-0.39, 0.29) is 0 Å². The van der Waals surface area contributed by atoms with Gasteiger partial charge in [0.1, 0.15) is 0 Å². The van der Waals surface area contributed by atoms with E-state index in [2.05, 4.69) is 5.32 Å². The molecule has 94 valence electrons. The van der Waals surface area contributed by atoms with Crippen LogP contribution in [0.1, 0.15) is 26.2 Å². The number of piperidine rings is 1. The second-order valence-corrected chi connectivity index (χ2v) is 7.26. The van der Waals surface area contributed by atoms with Crippen LogP contribution in [0.2, 0.25) is 0 Å². The largest absolute Gasteiger partial charge is 0.316 e. The summed E-state index contributed by atoms with van der Waals surface area (Å²) in [6, 6.07) is 0. The Hall–Kier alpha value is -0.130. The Morgan fingerprint density at radius 3 is 2.81 bits per heavy atom. The lowest BCUT2D eigenvalue weighted by atomic mass is 9.96. The maximum absolute atomic E-state index is 11.8. The Labute approximate surface area is 98.4 Å². The molecular formula is C11H22N2O2S. The first-order valence-corrected chi connectivity index (χ1v) is 7.87. The maximum atomic E-state index is 11.8. The van der Waals surface area contributed by atoms with Crippen LogP contribution in [0.15, 0.2) is 0 Å². The molecule has 2 saturated heterocycles. The van der Waals surface area contributed by atoms with Gasteiger partial charge in [-0.15, -0.1) is 0 Å². The fourth-order valence-corrected chi connectivity index (χ4v) is 4.61. The second kappa shape index (κ2) is 5.02. The van der Waals surface area contributed by atoms with Crippen LogP contribution in [0.25, 0.3) is 0 Å². The highest BCUT2D eigenvalue weighted by Gasteiger charge is 2.33. The van der Waals surface area contributed by atoms with E-state index in [4.69, 9.17) is 0 Å². The van der Waals surface area contributed by atoms with Crippen LogP contribution < -0.4 is 5.32 Å². The van der Waals surface area contributed by atoms with Crippen molar-refractivity contribution in [2.45, 2.75) is 26.2 Å². The van der Waals surface area contributed by atoms with Crippen LogP contribution in [-0.2, 0) is 10.0 Å². The van der Waals surface area contributed by atoms with E-state index in [9.17, 15) is 8.42 Å². The van der Waals surface area contributed by atoms with E-state index in [1.54, 1.807) is 4.31 Å². The summed E-state index contributed by atoms with van der Waals surface area (Å²) in [4.78, 5) is 0. The minimum absolute atomic E-state index is 0.300. The van der Waals surface area contributed by atoms with Crippen LogP contribution >= 0.6 is 0 Å². The Bertz CT molecular complexity index is 323. The van der Waals surface area contributed by atoms with Gasteiger partial charge in [-0.1, -0.05) is 6.92 Å². The van der Waals surface area contributed by atoms with Crippen LogP contribution in [0.3, 0.4) is 0 Å². The molecule has 2 atom stereocenters. The SMILES string of the molecule is CC1CN(CCC2CCCNC2)S(=O)(=O)C1. The molecule has 0 spiro atoms. The van der Waals surface area contributed by atoms with Gasteiger partial charge in [0.25, 0.3) is 0 Å². The fraction of sp³-hybridized carbons (Fsp3) is 1.00. The van der Waals surface area contributed by atoms with Crippen molar-refractivity contribution in [3.8, 4) is 0 Å². The van der Waals surface area contributed by atoms with Crippen LogP contribution in [0.5, 0.6) is 0 Å². The maximum Gasteiger partial charge on any atom is 0.214 e. The molecule has 0 aromatic rings. The Morgan fingerprint density at radius 2 is 2.25 bits per heavy atom. The van der Waals surface area contributed by atoms with Crippen molar-refractivity contribution in [1.82, 2.24) is 9.62 Å². The summed E-state index contributed by atoms with van der Waals surface area (Å²) in [6.07, 6.45) is 3.49. The molecule has 2 rings (SSSR count). The Kier molecular flexibility index (Phi) is 3.87. The summed E-state index contributed by atoms with van der Waals surface area (Å²) in [5, 5.41) is 3.37. The highest BCUT2D eigenvalue weighted by atomic mass is 32.2. The zero-order chi connectivity index (χ0) is 11.6. The minimum Gasteiger partial charge on any atom is -0.316 e. The number of nitrogens with one attached hydrogen (secondary N) is 1. The molecule has 2 fully saturated rings. The summed E-state index contributed by atoms with van der Waals surface area (Å²) in [5.41, 5.74) is 0. The summed E-state index contributed by atoms with van der Waals surface area (Å²) in [6.45, 7) is 5.64. The molecule has 2 heterocycles. The lowest BCUT2D eigenvalue weighted by molar-refractivity contribution is 0.314. The Morgan fingerprint density at radius 1 is 1.44 bits per heavy atom. The average Bonchev–Trinajstić information content (AvgIpc) is 2.50. The van der Waals surface area contributed by atoms with E-state index in [1.807, 2.05) is 6.92 Å². The molecule has 2 unspecified atom stereocenters. The van der Waals surface area contributed by atoms with Gasteiger partial charge in [0, 0.05) is 13.1 Å². The molecule has 0 aliphatic carbocycles. The fourth-order valence-electron chi connectivity index (χ4n) is 2.71. The van der Waals surface area contributed by atoms with Crippen molar-refractivity contribution >= 4 is 10.0 Å². The number of rotatable bonds is 3. The summed E-state index contributed by atoms with van der Waals surface area (Å²) >= 11 is 0. The molecule has 0 aromatic carbocycles. The minimum atomic E-state index is -2.92. The van der Waals surface area contributed by atoms with Crippen molar-refractivity contribution in [2.24, 2.45) is 11.8 Å². The first kappa shape index (κ1) is 12.3. The summed E-state index contributed by atoms with van der Waals surface area (Å²) < 4.78 is 25.2. The highest BCUT2D eigenvalue weighted by Crippen LogP contribution is 2.21. The number of hydrogen-bond acceptors (Lipinski definition) is 3. The molecule has 0 aromatic heterocycles. The van der Waals surface area contributed by atoms with E-state index < -0.39 is 10.0 Å². The highest BCUT2D eigenvalue weighted by molar-refractivity contribution is 7.89. The number of hydrogen-bond donors (Lipinski definition) is 1. The molecule has 4 nitrogen and oxygen atoms in total. The normalized spacial score (nSPS) is 35.3. The summed E-state index contributed by atoms with van der Waals surface area (Å²) in [5.74, 6) is 1.31. The van der Waals surface area contributed by atoms with E-state index in [1.165, 1.54) is 12.8 Å². The van der Waals surface area contributed by atoms with E-state index in [0.29, 0.717) is 17.6 Å². The van der Waals surface area contributed by atoms with Crippen molar-refractivity contribution in [2.75, 3.05) is 31.9 Å². The topological polar surface area (TPSA) is 49.4 Å². The molecule has 0 amide bonds. The van der Waals surface area contributed by atoms with E-state index in [0.717, 1.165) is 32.6 Å². The van der Waals surface area contributed by atoms with Gasteiger partial charge in [0.15, 0.2) is 0 Å². The van der Waals surface area contributed by atoms with Gasteiger partial charge in [-0.25, -0.2) is 12.7 Å². The number of sulfonamides is 1. The first-order valence-electron chi connectivity index (χ1n) is 6.26. The van der Waals surface area contributed by atoms with Crippen molar-refractivity contribution < 1.29 is 8.42 Å². The second-order valence-electron chi connectivity index (χ2n) is 5.24. The van der Waals surface area contributed by atoms with Crippen LogP contribution in [0, 0.1) is 11.8 Å². The number of nitrogens with zero attached hydrogens (tertiary/aromatic N) is 1. The molecule has 2 aliphatic rings. The quantitative estimate of drug-likeness (QED) is 0.796. The molecule has 5 heteroatoms. The zero-order valence-electron chi connectivity index (χ0n) is 9.98. The van der Waals surface area contributed by atoms with E-state index >= 15 is 0 Å². The van der Waals surface area contributed by atoms with Crippen LogP contribution in [0.4, 0.5) is 0 Å². The van der Waals surface area contributed by atoms with Crippen molar-refractivity contribution in [3.63, 3.8) is 0 Å². The summed E-state index contributed by atoms with van der Waals surface area (Å²) in [7, 11) is -2.92. The smallest absolute Gasteiger partial charge is 0.214 e. The lowest BCUT2D eigenvalue weighted by Crippen LogP contribution is -2.34. The van der Waals surface area contributed by atoms with Crippen molar-refractivity contribution in [3.05, 3.63) is 0 Å². The van der Waals surface area contributed by atoms with Crippen LogP contribution in [-0.4, -0.2) is 44.7 Å². The molecular weight excluding hydrogens is 224 g/mol. The monoisotopic (exact) mass is 246 g/mol. The van der Waals surface area contributed by atoms with Gasteiger partial charge in [0.2, 0.25) is 10.0 Å². The van der Waals surface area contributed by atoms with Gasteiger partial charge in [-0.2, -0.15) is 0 Å². The van der Waals surface area contributed by atoms with Gasteiger partial charge in [0.05, 0.1) is 5.75 Å². The third kappa shape index (κ3) is 2.96. The third-order valence-electron chi connectivity index (χ3n) is 3.59. The molecule has 16 heavy (non-hydrogen) atoms. The van der Waals surface area contributed by atoms with Gasteiger partial charge in [-0.05, 0) is 44.2 Å². The molecule has 0 saturated carbocycles.